The molecular weight excluding hydrogens is 270 g/mol. The predicted octanol–water partition coefficient (Wildman–Crippen LogP) is 1.66. The summed E-state index contributed by atoms with van der Waals surface area (Å²) in [5, 5.41) is 13.5. The van der Waals surface area contributed by atoms with Gasteiger partial charge >= 0.3 is 5.97 Å². The number of aliphatic carboxylic acids is 1. The summed E-state index contributed by atoms with van der Waals surface area (Å²) < 4.78 is 3.32. The minimum absolute atomic E-state index is 0.150. The van der Waals surface area contributed by atoms with Gasteiger partial charge in [0.05, 0.1) is 12.1 Å². The second-order valence-corrected chi connectivity index (χ2v) is 6.16. The molecule has 1 aliphatic rings. The number of carboxylic acids is 1. The quantitative estimate of drug-likeness (QED) is 0.908. The normalized spacial score (nSPS) is 15.0. The Morgan fingerprint density at radius 3 is 2.71 bits per heavy atom. The molecule has 0 bridgehead atoms. The average Bonchev–Trinajstić information content (AvgIpc) is 3.12. The fourth-order valence-corrected chi connectivity index (χ4v) is 2.63. The van der Waals surface area contributed by atoms with E-state index < -0.39 is 5.97 Å². The minimum Gasteiger partial charge on any atom is -0.481 e. The second-order valence-electron chi connectivity index (χ2n) is 6.16. The van der Waals surface area contributed by atoms with Gasteiger partial charge in [0.15, 0.2) is 0 Å². The number of hydrogen-bond acceptors (Lipinski definition) is 3. The molecule has 0 amide bonds. The number of carboxylic acid groups (broad SMARTS) is 1. The maximum Gasteiger partial charge on any atom is 0.309 e. The lowest BCUT2D eigenvalue weighted by Crippen LogP contribution is -2.24. The van der Waals surface area contributed by atoms with E-state index in [2.05, 4.69) is 18.9 Å². The molecule has 6 heteroatoms. The Kier molecular flexibility index (Phi) is 3.31. The number of rotatable bonds is 5. The van der Waals surface area contributed by atoms with Crippen molar-refractivity contribution in [3.05, 3.63) is 33.9 Å². The lowest BCUT2D eigenvalue weighted by Gasteiger charge is -2.16. The van der Waals surface area contributed by atoms with Crippen molar-refractivity contribution in [2.75, 3.05) is 0 Å². The van der Waals surface area contributed by atoms with Crippen LogP contribution >= 0.6 is 0 Å². The van der Waals surface area contributed by atoms with Crippen LogP contribution < -0.4 is 5.56 Å². The number of hydrogen-bond donors (Lipinski definition) is 1. The van der Waals surface area contributed by atoms with Gasteiger partial charge in [-0.05, 0) is 18.8 Å². The summed E-state index contributed by atoms with van der Waals surface area (Å²) in [6, 6.07) is 3.33. The molecule has 0 aromatic carbocycles. The largest absolute Gasteiger partial charge is 0.481 e. The van der Waals surface area contributed by atoms with Crippen molar-refractivity contribution in [1.82, 2.24) is 14.2 Å². The highest BCUT2D eigenvalue weighted by Gasteiger charge is 2.27. The van der Waals surface area contributed by atoms with Crippen LogP contribution in [0.4, 0.5) is 0 Å². The van der Waals surface area contributed by atoms with Gasteiger partial charge in [-0.2, -0.15) is 9.61 Å². The highest BCUT2D eigenvalue weighted by molar-refractivity contribution is 5.70. The highest BCUT2D eigenvalue weighted by Crippen LogP contribution is 2.39. The van der Waals surface area contributed by atoms with Crippen molar-refractivity contribution < 1.29 is 9.90 Å². The molecule has 2 heterocycles. The first-order valence-electron chi connectivity index (χ1n) is 7.30. The molecule has 0 unspecified atom stereocenters. The summed E-state index contributed by atoms with van der Waals surface area (Å²) in [7, 11) is 0. The summed E-state index contributed by atoms with van der Waals surface area (Å²) in [6.07, 6.45) is 2.08. The Bertz CT molecular complexity index is 753. The third-order valence-corrected chi connectivity index (χ3v) is 3.71. The molecule has 0 radical (unpaired) electrons. The first kappa shape index (κ1) is 13.9. The molecule has 21 heavy (non-hydrogen) atoms. The van der Waals surface area contributed by atoms with E-state index in [-0.39, 0.29) is 12.0 Å². The predicted molar refractivity (Wildman–Crippen MR) is 77.6 cm³/mol. The van der Waals surface area contributed by atoms with Crippen LogP contribution in [-0.4, -0.2) is 25.3 Å². The van der Waals surface area contributed by atoms with Crippen molar-refractivity contribution in [2.45, 2.75) is 45.6 Å². The van der Waals surface area contributed by atoms with E-state index in [1.165, 1.54) is 10.6 Å². The maximum absolute atomic E-state index is 12.2. The summed E-state index contributed by atoms with van der Waals surface area (Å²) in [4.78, 5) is 23.2. The first-order valence-corrected chi connectivity index (χ1v) is 7.30. The third-order valence-electron chi connectivity index (χ3n) is 3.71. The van der Waals surface area contributed by atoms with Crippen molar-refractivity contribution in [1.29, 1.82) is 0 Å². The van der Waals surface area contributed by atoms with Gasteiger partial charge in [-0.15, -0.1) is 0 Å². The molecule has 0 atom stereocenters. The number of carbonyl (C=O) groups is 1. The minimum atomic E-state index is -0.932. The maximum atomic E-state index is 12.2. The Hall–Kier alpha value is -2.11. The van der Waals surface area contributed by atoms with E-state index in [9.17, 15) is 9.59 Å². The van der Waals surface area contributed by atoms with E-state index in [4.69, 9.17) is 5.11 Å². The molecule has 112 valence electrons. The SMILES string of the molecule is CC(C)Cn1c(CC(=O)O)cc(=O)n2nc(C3CC3)cc12. The zero-order chi connectivity index (χ0) is 15.1. The van der Waals surface area contributed by atoms with E-state index in [0.29, 0.717) is 29.7 Å². The third kappa shape index (κ3) is 2.70. The van der Waals surface area contributed by atoms with Crippen LogP contribution in [0.5, 0.6) is 0 Å². The Morgan fingerprint density at radius 1 is 1.43 bits per heavy atom. The summed E-state index contributed by atoms with van der Waals surface area (Å²) >= 11 is 0. The molecule has 1 N–H and O–H groups in total. The van der Waals surface area contributed by atoms with E-state index in [1.54, 1.807) is 0 Å². The molecule has 6 nitrogen and oxygen atoms in total. The van der Waals surface area contributed by atoms with Gasteiger partial charge in [-0.3, -0.25) is 9.59 Å². The molecule has 3 rings (SSSR count). The summed E-state index contributed by atoms with van der Waals surface area (Å²) in [5.74, 6) is -0.124. The van der Waals surface area contributed by atoms with E-state index in [0.717, 1.165) is 18.5 Å². The monoisotopic (exact) mass is 289 g/mol. The smallest absolute Gasteiger partial charge is 0.309 e. The fraction of sp³-hybridized carbons (Fsp3) is 0.533. The lowest BCUT2D eigenvalue weighted by molar-refractivity contribution is -0.136. The number of nitrogens with zero attached hydrogens (tertiary/aromatic N) is 3. The topological polar surface area (TPSA) is 76.6 Å². The average molecular weight is 289 g/mol. The Labute approximate surface area is 122 Å². The molecule has 0 saturated heterocycles. The molecule has 0 aliphatic heterocycles. The molecular formula is C15H19N3O3. The molecule has 0 spiro atoms. The fourth-order valence-electron chi connectivity index (χ4n) is 2.63. The van der Waals surface area contributed by atoms with E-state index >= 15 is 0 Å². The summed E-state index contributed by atoms with van der Waals surface area (Å²) in [5.41, 5.74) is 1.93. The zero-order valence-electron chi connectivity index (χ0n) is 12.2. The standard InChI is InChI=1S/C15H19N3O3/c1-9(2)8-17-11(6-15(20)21)5-14(19)18-13(17)7-12(16-18)10-3-4-10/h5,7,9-10H,3-4,6,8H2,1-2H3,(H,20,21). The van der Waals surface area contributed by atoms with E-state index in [1.807, 2.05) is 10.6 Å². The van der Waals surface area contributed by atoms with Crippen LogP contribution in [-0.2, 0) is 17.8 Å². The summed E-state index contributed by atoms with van der Waals surface area (Å²) in [6.45, 7) is 4.80. The van der Waals surface area contributed by atoms with Crippen LogP contribution in [0.3, 0.4) is 0 Å². The second kappa shape index (κ2) is 5.02. The lowest BCUT2D eigenvalue weighted by atomic mass is 10.2. The molecule has 1 aliphatic carbocycles. The zero-order valence-corrected chi connectivity index (χ0v) is 12.2. The molecule has 1 saturated carbocycles. The van der Waals surface area contributed by atoms with Gasteiger partial charge < -0.3 is 9.67 Å². The van der Waals surface area contributed by atoms with Crippen molar-refractivity contribution in [2.24, 2.45) is 5.92 Å². The van der Waals surface area contributed by atoms with Gasteiger partial charge in [-0.25, -0.2) is 0 Å². The van der Waals surface area contributed by atoms with Gasteiger partial charge in [0, 0.05) is 30.3 Å². The highest BCUT2D eigenvalue weighted by atomic mass is 16.4. The van der Waals surface area contributed by atoms with Crippen molar-refractivity contribution >= 4 is 11.6 Å². The van der Waals surface area contributed by atoms with Crippen LogP contribution in [0.2, 0.25) is 0 Å². The van der Waals surface area contributed by atoms with Crippen LogP contribution in [0.15, 0.2) is 16.9 Å². The van der Waals surface area contributed by atoms with Crippen molar-refractivity contribution in [3.63, 3.8) is 0 Å². The van der Waals surface area contributed by atoms with Gasteiger partial charge in [0.1, 0.15) is 5.65 Å². The first-order chi connectivity index (χ1) is 9.95. The van der Waals surface area contributed by atoms with Crippen molar-refractivity contribution in [3.8, 4) is 0 Å². The van der Waals surface area contributed by atoms with Gasteiger partial charge in [0.25, 0.3) is 5.56 Å². The Balaban J connectivity index is 2.20. The van der Waals surface area contributed by atoms with Gasteiger partial charge in [0.2, 0.25) is 0 Å². The van der Waals surface area contributed by atoms with Gasteiger partial charge in [-0.1, -0.05) is 13.8 Å². The number of aromatic nitrogens is 3. The number of fused-ring (bicyclic) bond motifs is 1. The van der Waals surface area contributed by atoms with Crippen LogP contribution in [0, 0.1) is 5.92 Å². The van der Waals surface area contributed by atoms with Crippen LogP contribution in [0.1, 0.15) is 44.0 Å². The Morgan fingerprint density at radius 2 is 2.14 bits per heavy atom. The van der Waals surface area contributed by atoms with Crippen LogP contribution in [0.25, 0.3) is 5.65 Å². The molecule has 2 aromatic rings. The molecule has 1 fully saturated rings. The molecule has 2 aromatic heterocycles.